The number of methoxy groups -OCH3 is 1. The van der Waals surface area contributed by atoms with Crippen molar-refractivity contribution in [1.82, 2.24) is 0 Å². The fraction of sp³-hybridized carbons (Fsp3) is 0.188. The first-order valence-corrected chi connectivity index (χ1v) is 6.48. The third-order valence-electron chi connectivity index (χ3n) is 2.88. The molecule has 3 nitrogen and oxygen atoms in total. The first-order valence-electron chi connectivity index (χ1n) is 6.10. The van der Waals surface area contributed by atoms with Crippen LogP contribution in [0.5, 0.6) is 11.5 Å². The van der Waals surface area contributed by atoms with E-state index in [0.29, 0.717) is 28.7 Å². The molecule has 0 spiro atoms. The van der Waals surface area contributed by atoms with Crippen LogP contribution in [0.15, 0.2) is 36.4 Å². The van der Waals surface area contributed by atoms with Crippen LogP contribution >= 0.6 is 11.6 Å². The standard InChI is InChI=1S/C16H14ClNO2/c1-11-3-5-14(17)16(7-11)20-10-13-8-12(9-18)4-6-15(13)19-2/h3-8H,10H2,1-2H3. The van der Waals surface area contributed by atoms with Crippen LogP contribution in [0.3, 0.4) is 0 Å². The average Bonchev–Trinajstić information content (AvgIpc) is 2.47. The summed E-state index contributed by atoms with van der Waals surface area (Å²) in [6.45, 7) is 2.27. The molecule has 0 unspecified atom stereocenters. The van der Waals surface area contributed by atoms with Crippen LogP contribution in [0, 0.1) is 18.3 Å². The Balaban J connectivity index is 2.22. The van der Waals surface area contributed by atoms with Crippen LogP contribution in [-0.4, -0.2) is 7.11 Å². The topological polar surface area (TPSA) is 42.2 Å². The van der Waals surface area contributed by atoms with Gasteiger partial charge in [-0.25, -0.2) is 0 Å². The monoisotopic (exact) mass is 287 g/mol. The summed E-state index contributed by atoms with van der Waals surface area (Å²) in [6.07, 6.45) is 0. The molecule has 0 N–H and O–H groups in total. The smallest absolute Gasteiger partial charge is 0.138 e. The van der Waals surface area contributed by atoms with E-state index < -0.39 is 0 Å². The lowest BCUT2D eigenvalue weighted by atomic mass is 10.1. The SMILES string of the molecule is COc1ccc(C#N)cc1COc1cc(C)ccc1Cl. The number of nitrogens with zero attached hydrogens (tertiary/aromatic N) is 1. The maximum atomic E-state index is 8.94. The Hall–Kier alpha value is -2.18. The van der Waals surface area contributed by atoms with Crippen LogP contribution in [0.2, 0.25) is 5.02 Å². The van der Waals surface area contributed by atoms with Crippen molar-refractivity contribution >= 4 is 11.6 Å². The van der Waals surface area contributed by atoms with Gasteiger partial charge in [0.25, 0.3) is 0 Å². The maximum Gasteiger partial charge on any atom is 0.138 e. The molecule has 0 saturated heterocycles. The van der Waals surface area contributed by atoms with Gasteiger partial charge in [0.2, 0.25) is 0 Å². The van der Waals surface area contributed by atoms with Crippen molar-refractivity contribution in [1.29, 1.82) is 5.26 Å². The molecule has 2 aromatic carbocycles. The second kappa shape index (κ2) is 6.31. The molecule has 20 heavy (non-hydrogen) atoms. The zero-order valence-corrected chi connectivity index (χ0v) is 12.1. The Bertz CT molecular complexity index is 662. The first kappa shape index (κ1) is 14.2. The van der Waals surface area contributed by atoms with Gasteiger partial charge in [0.1, 0.15) is 18.1 Å². The average molecular weight is 288 g/mol. The summed E-state index contributed by atoms with van der Waals surface area (Å²) >= 11 is 6.09. The zero-order valence-electron chi connectivity index (χ0n) is 11.3. The van der Waals surface area contributed by atoms with E-state index in [2.05, 4.69) is 6.07 Å². The van der Waals surface area contributed by atoms with E-state index in [1.165, 1.54) is 0 Å². The van der Waals surface area contributed by atoms with E-state index in [9.17, 15) is 0 Å². The Morgan fingerprint density at radius 1 is 1.15 bits per heavy atom. The van der Waals surface area contributed by atoms with Crippen molar-refractivity contribution in [2.45, 2.75) is 13.5 Å². The fourth-order valence-corrected chi connectivity index (χ4v) is 2.01. The highest BCUT2D eigenvalue weighted by Crippen LogP contribution is 2.28. The molecule has 0 aromatic heterocycles. The minimum atomic E-state index is 0.294. The van der Waals surface area contributed by atoms with Crippen molar-refractivity contribution in [3.05, 3.63) is 58.1 Å². The number of halogens is 1. The lowest BCUT2D eigenvalue weighted by Crippen LogP contribution is -2.00. The van der Waals surface area contributed by atoms with Gasteiger partial charge in [-0.1, -0.05) is 17.7 Å². The molecule has 0 radical (unpaired) electrons. The van der Waals surface area contributed by atoms with Crippen LogP contribution in [-0.2, 0) is 6.61 Å². The van der Waals surface area contributed by atoms with Gasteiger partial charge in [-0.3, -0.25) is 0 Å². The van der Waals surface area contributed by atoms with Crippen molar-refractivity contribution in [2.24, 2.45) is 0 Å². The first-order chi connectivity index (χ1) is 9.63. The highest BCUT2D eigenvalue weighted by atomic mass is 35.5. The van der Waals surface area contributed by atoms with Gasteiger partial charge in [0, 0.05) is 5.56 Å². The Kier molecular flexibility index (Phi) is 4.49. The number of aryl methyl sites for hydroxylation is 1. The Labute approximate surface area is 123 Å². The third kappa shape index (κ3) is 3.23. The molecule has 0 aliphatic heterocycles. The third-order valence-corrected chi connectivity index (χ3v) is 3.19. The van der Waals surface area contributed by atoms with Gasteiger partial charge >= 0.3 is 0 Å². The second-order valence-corrected chi connectivity index (χ2v) is 4.77. The molecule has 0 heterocycles. The van der Waals surface area contributed by atoms with Crippen LogP contribution in [0.25, 0.3) is 0 Å². The van der Waals surface area contributed by atoms with Gasteiger partial charge in [0.05, 0.1) is 23.8 Å². The molecule has 102 valence electrons. The van der Waals surface area contributed by atoms with Crippen LogP contribution < -0.4 is 9.47 Å². The molecule has 4 heteroatoms. The van der Waals surface area contributed by atoms with E-state index in [1.54, 1.807) is 31.4 Å². The molecule has 0 aliphatic rings. The van der Waals surface area contributed by atoms with E-state index >= 15 is 0 Å². The summed E-state index contributed by atoms with van der Waals surface area (Å²) in [5.74, 6) is 1.31. The molecule has 0 aliphatic carbocycles. The molecule has 0 atom stereocenters. The summed E-state index contributed by atoms with van der Waals surface area (Å²) in [4.78, 5) is 0. The quantitative estimate of drug-likeness (QED) is 0.850. The highest BCUT2D eigenvalue weighted by Gasteiger charge is 2.07. The van der Waals surface area contributed by atoms with Crippen LogP contribution in [0.4, 0.5) is 0 Å². The zero-order chi connectivity index (χ0) is 14.5. The highest BCUT2D eigenvalue weighted by molar-refractivity contribution is 6.32. The number of ether oxygens (including phenoxy) is 2. The lowest BCUT2D eigenvalue weighted by molar-refractivity contribution is 0.296. The van der Waals surface area contributed by atoms with Crippen molar-refractivity contribution in [2.75, 3.05) is 7.11 Å². The molecule has 0 fully saturated rings. The van der Waals surface area contributed by atoms with Crippen LogP contribution in [0.1, 0.15) is 16.7 Å². The number of nitriles is 1. The summed E-state index contributed by atoms with van der Waals surface area (Å²) in [5, 5.41) is 9.50. The molecule has 2 rings (SSSR count). The van der Waals surface area contributed by atoms with E-state index in [1.807, 2.05) is 19.1 Å². The number of benzene rings is 2. The van der Waals surface area contributed by atoms with Gasteiger partial charge in [-0.05, 0) is 42.8 Å². The number of rotatable bonds is 4. The van der Waals surface area contributed by atoms with Gasteiger partial charge < -0.3 is 9.47 Å². The molecule has 0 saturated carbocycles. The summed E-state index contributed by atoms with van der Waals surface area (Å²) in [5.41, 5.74) is 2.45. The van der Waals surface area contributed by atoms with Crippen molar-refractivity contribution in [3.63, 3.8) is 0 Å². The Morgan fingerprint density at radius 3 is 2.65 bits per heavy atom. The van der Waals surface area contributed by atoms with Crippen molar-refractivity contribution < 1.29 is 9.47 Å². The molecule has 0 bridgehead atoms. The second-order valence-electron chi connectivity index (χ2n) is 4.36. The maximum absolute atomic E-state index is 8.94. The largest absolute Gasteiger partial charge is 0.496 e. The van der Waals surface area contributed by atoms with Gasteiger partial charge in [-0.2, -0.15) is 5.26 Å². The number of hydrogen-bond acceptors (Lipinski definition) is 3. The lowest BCUT2D eigenvalue weighted by Gasteiger charge is -2.12. The minimum Gasteiger partial charge on any atom is -0.496 e. The van der Waals surface area contributed by atoms with Gasteiger partial charge in [0.15, 0.2) is 0 Å². The summed E-state index contributed by atoms with van der Waals surface area (Å²) in [7, 11) is 1.59. The fourth-order valence-electron chi connectivity index (χ4n) is 1.84. The number of hydrogen-bond donors (Lipinski definition) is 0. The van der Waals surface area contributed by atoms with Crippen molar-refractivity contribution in [3.8, 4) is 17.6 Å². The Morgan fingerprint density at radius 2 is 1.95 bits per heavy atom. The van der Waals surface area contributed by atoms with Gasteiger partial charge in [-0.15, -0.1) is 0 Å². The molecule has 2 aromatic rings. The molecular formula is C16H14ClNO2. The van der Waals surface area contributed by atoms with E-state index in [-0.39, 0.29) is 0 Å². The minimum absolute atomic E-state index is 0.294. The summed E-state index contributed by atoms with van der Waals surface area (Å²) in [6, 6.07) is 12.9. The molecule has 0 amide bonds. The summed E-state index contributed by atoms with van der Waals surface area (Å²) < 4.78 is 11.0. The normalized spacial score (nSPS) is 9.90. The van der Waals surface area contributed by atoms with E-state index in [0.717, 1.165) is 11.1 Å². The van der Waals surface area contributed by atoms with E-state index in [4.69, 9.17) is 26.3 Å². The predicted octanol–water partition coefficient (Wildman–Crippen LogP) is 4.11. The predicted molar refractivity (Wildman–Crippen MR) is 78.2 cm³/mol. The molecular weight excluding hydrogens is 274 g/mol.